The highest BCUT2D eigenvalue weighted by Crippen LogP contribution is 2.31. The van der Waals surface area contributed by atoms with Crippen molar-refractivity contribution < 1.29 is 4.79 Å². The van der Waals surface area contributed by atoms with E-state index in [1.807, 2.05) is 0 Å². The van der Waals surface area contributed by atoms with Crippen LogP contribution in [-0.2, 0) is 0 Å². The monoisotopic (exact) mass is 308 g/mol. The first-order valence-electron chi connectivity index (χ1n) is 7.97. The molecule has 116 valence electrons. The molecule has 6 heteroatoms. The number of hydrogen-bond acceptors (Lipinski definition) is 5. The minimum Gasteiger partial charge on any atom is -0.382 e. The lowest BCUT2D eigenvalue weighted by molar-refractivity contribution is 0.0924. The summed E-state index contributed by atoms with van der Waals surface area (Å²) in [6, 6.07) is 0.728. The second-order valence-corrected chi connectivity index (χ2v) is 7.31. The first-order valence-corrected chi connectivity index (χ1v) is 8.79. The van der Waals surface area contributed by atoms with E-state index in [4.69, 9.17) is 5.73 Å². The topological polar surface area (TPSA) is 80.0 Å². The van der Waals surface area contributed by atoms with Crippen LogP contribution in [0.5, 0.6) is 0 Å². The van der Waals surface area contributed by atoms with E-state index in [1.54, 1.807) is 0 Å². The number of rotatable bonds is 5. The molecule has 2 saturated carbocycles. The van der Waals surface area contributed by atoms with Crippen LogP contribution in [0.2, 0.25) is 0 Å². The van der Waals surface area contributed by atoms with Crippen molar-refractivity contribution >= 4 is 28.2 Å². The molecule has 1 atom stereocenters. The summed E-state index contributed by atoms with van der Waals surface area (Å²) < 4.78 is 0. The minimum absolute atomic E-state index is 0.0769. The van der Waals surface area contributed by atoms with Gasteiger partial charge in [0.05, 0.1) is 0 Å². The third kappa shape index (κ3) is 3.67. The van der Waals surface area contributed by atoms with E-state index in [0.717, 1.165) is 5.13 Å². The molecule has 2 aliphatic carbocycles. The molecule has 2 aliphatic rings. The molecule has 0 radical (unpaired) electrons. The first-order chi connectivity index (χ1) is 10.1. The van der Waals surface area contributed by atoms with Crippen molar-refractivity contribution in [3.8, 4) is 0 Å². The smallest absolute Gasteiger partial charge is 0.265 e. The number of amides is 1. The number of nitrogens with one attached hydrogen (secondary N) is 2. The Morgan fingerprint density at radius 1 is 1.29 bits per heavy atom. The molecular formula is C15H24N4OS. The molecule has 5 nitrogen and oxygen atoms in total. The first kappa shape index (κ1) is 14.6. The molecule has 4 N–H and O–H groups in total. The van der Waals surface area contributed by atoms with Gasteiger partial charge >= 0.3 is 0 Å². The number of thiazole rings is 1. The van der Waals surface area contributed by atoms with Crippen molar-refractivity contribution in [3.05, 3.63) is 4.88 Å². The number of carbonyl (C=O) groups excluding carboxylic acids is 1. The molecule has 21 heavy (non-hydrogen) atoms. The number of aromatic nitrogens is 1. The van der Waals surface area contributed by atoms with E-state index in [0.29, 0.717) is 22.7 Å². The maximum Gasteiger partial charge on any atom is 0.265 e. The van der Waals surface area contributed by atoms with Crippen molar-refractivity contribution in [2.45, 2.75) is 64.0 Å². The number of anilines is 2. The van der Waals surface area contributed by atoms with Gasteiger partial charge < -0.3 is 16.4 Å². The highest BCUT2D eigenvalue weighted by Gasteiger charge is 2.26. The zero-order chi connectivity index (χ0) is 14.8. The molecule has 0 aromatic carbocycles. The van der Waals surface area contributed by atoms with E-state index in [-0.39, 0.29) is 11.9 Å². The number of carbonyl (C=O) groups is 1. The van der Waals surface area contributed by atoms with Gasteiger partial charge in [-0.1, -0.05) is 30.6 Å². The molecule has 2 fully saturated rings. The largest absolute Gasteiger partial charge is 0.382 e. The van der Waals surface area contributed by atoms with Gasteiger partial charge in [-0.15, -0.1) is 0 Å². The summed E-state index contributed by atoms with van der Waals surface area (Å²) in [5.41, 5.74) is 5.89. The summed E-state index contributed by atoms with van der Waals surface area (Å²) in [7, 11) is 0. The highest BCUT2D eigenvalue weighted by molar-refractivity contribution is 7.18. The van der Waals surface area contributed by atoms with Gasteiger partial charge in [0.15, 0.2) is 5.13 Å². The third-order valence-corrected chi connectivity index (χ3v) is 5.48. The fraction of sp³-hybridized carbons (Fsp3) is 0.733. The molecule has 3 rings (SSSR count). The molecule has 1 aromatic heterocycles. The van der Waals surface area contributed by atoms with Crippen LogP contribution in [0.25, 0.3) is 0 Å². The van der Waals surface area contributed by atoms with Gasteiger partial charge in [-0.2, -0.15) is 0 Å². The van der Waals surface area contributed by atoms with Gasteiger partial charge in [0, 0.05) is 12.1 Å². The zero-order valence-corrected chi connectivity index (χ0v) is 13.3. The molecule has 0 spiro atoms. The Kier molecular flexibility index (Phi) is 4.33. The SMILES string of the molecule is CC(NC(=O)c1sc(NC2CC2)nc1N)C1CCCCC1. The number of nitrogens with zero attached hydrogens (tertiary/aromatic N) is 1. The quantitative estimate of drug-likeness (QED) is 0.781. The molecule has 1 aromatic rings. The van der Waals surface area contributed by atoms with Crippen LogP contribution in [-0.4, -0.2) is 23.0 Å². The Balaban J connectivity index is 1.59. The number of nitrogens with two attached hydrogens (primary N) is 1. The van der Waals surface area contributed by atoms with Gasteiger partial charge in [-0.3, -0.25) is 4.79 Å². The fourth-order valence-corrected chi connectivity index (χ4v) is 3.85. The van der Waals surface area contributed by atoms with Crippen LogP contribution in [0.1, 0.15) is 61.5 Å². The fourth-order valence-electron chi connectivity index (χ4n) is 2.98. The van der Waals surface area contributed by atoms with Gasteiger partial charge in [0.25, 0.3) is 5.91 Å². The summed E-state index contributed by atoms with van der Waals surface area (Å²) >= 11 is 1.37. The van der Waals surface area contributed by atoms with Crippen LogP contribution >= 0.6 is 11.3 Å². The maximum atomic E-state index is 12.4. The lowest BCUT2D eigenvalue weighted by atomic mass is 9.84. The molecule has 0 saturated heterocycles. The summed E-state index contributed by atoms with van der Waals surface area (Å²) in [6.45, 7) is 2.11. The second-order valence-electron chi connectivity index (χ2n) is 6.31. The molecule has 1 heterocycles. The Morgan fingerprint density at radius 3 is 2.67 bits per heavy atom. The van der Waals surface area contributed by atoms with Crippen molar-refractivity contribution in [2.24, 2.45) is 5.92 Å². The summed E-state index contributed by atoms with van der Waals surface area (Å²) in [4.78, 5) is 17.2. The highest BCUT2D eigenvalue weighted by atomic mass is 32.1. The van der Waals surface area contributed by atoms with Crippen LogP contribution in [0.3, 0.4) is 0 Å². The molecule has 1 amide bonds. The van der Waals surface area contributed by atoms with Crippen molar-refractivity contribution in [2.75, 3.05) is 11.1 Å². The minimum atomic E-state index is -0.0769. The molecule has 0 aliphatic heterocycles. The lowest BCUT2D eigenvalue weighted by Crippen LogP contribution is -2.38. The maximum absolute atomic E-state index is 12.4. The van der Waals surface area contributed by atoms with Crippen LogP contribution in [0, 0.1) is 5.92 Å². The normalized spacial score (nSPS) is 21.0. The Hall–Kier alpha value is -1.30. The van der Waals surface area contributed by atoms with Crippen LogP contribution in [0.4, 0.5) is 10.9 Å². The molecule has 1 unspecified atom stereocenters. The van der Waals surface area contributed by atoms with Crippen molar-refractivity contribution in [1.29, 1.82) is 0 Å². The summed E-state index contributed by atoms with van der Waals surface area (Å²) in [5, 5.41) is 7.18. The van der Waals surface area contributed by atoms with Crippen LogP contribution in [0.15, 0.2) is 0 Å². The summed E-state index contributed by atoms with van der Waals surface area (Å²) in [5.74, 6) is 0.865. The predicted octanol–water partition coefficient (Wildman–Crippen LogP) is 3.00. The van der Waals surface area contributed by atoms with E-state index < -0.39 is 0 Å². The average Bonchev–Trinajstić information content (AvgIpc) is 3.21. The standard InChI is InChI=1S/C15H24N4OS/c1-9(10-5-3-2-4-6-10)17-14(20)12-13(16)19-15(21-12)18-11-7-8-11/h9-11H,2-8,16H2,1H3,(H,17,20)(H,18,19). The van der Waals surface area contributed by atoms with Gasteiger partial charge in [-0.05, 0) is 38.5 Å². The zero-order valence-electron chi connectivity index (χ0n) is 12.5. The summed E-state index contributed by atoms with van der Waals surface area (Å²) in [6.07, 6.45) is 8.68. The Labute approximate surface area is 129 Å². The van der Waals surface area contributed by atoms with Gasteiger partial charge in [0.2, 0.25) is 0 Å². The van der Waals surface area contributed by atoms with E-state index in [2.05, 4.69) is 22.5 Å². The Bertz CT molecular complexity index is 506. The van der Waals surface area contributed by atoms with Crippen molar-refractivity contribution in [1.82, 2.24) is 10.3 Å². The molecule has 0 bridgehead atoms. The number of hydrogen-bond donors (Lipinski definition) is 3. The van der Waals surface area contributed by atoms with Gasteiger partial charge in [0.1, 0.15) is 10.7 Å². The van der Waals surface area contributed by atoms with E-state index >= 15 is 0 Å². The van der Waals surface area contributed by atoms with Crippen LogP contribution < -0.4 is 16.4 Å². The van der Waals surface area contributed by atoms with E-state index in [1.165, 1.54) is 56.3 Å². The third-order valence-electron chi connectivity index (χ3n) is 4.48. The molecular weight excluding hydrogens is 284 g/mol. The van der Waals surface area contributed by atoms with Gasteiger partial charge in [-0.25, -0.2) is 4.98 Å². The van der Waals surface area contributed by atoms with E-state index in [9.17, 15) is 4.79 Å². The second kappa shape index (κ2) is 6.22. The average molecular weight is 308 g/mol. The lowest BCUT2D eigenvalue weighted by Gasteiger charge is -2.28. The number of nitrogen functional groups attached to an aromatic ring is 1. The van der Waals surface area contributed by atoms with Crippen molar-refractivity contribution in [3.63, 3.8) is 0 Å². The predicted molar refractivity (Wildman–Crippen MR) is 86.7 cm³/mol. The Morgan fingerprint density at radius 2 is 2.00 bits per heavy atom.